The molecule has 1 aromatic carbocycles. The Morgan fingerprint density at radius 1 is 1.53 bits per heavy atom. The monoisotopic (exact) mass is 241 g/mol. The summed E-state index contributed by atoms with van der Waals surface area (Å²) in [5.41, 5.74) is 0.208. The number of benzene rings is 1. The largest absolute Gasteiger partial charge is 0.286 e. The molecular weight excluding hydrogens is 234 g/mol. The van der Waals surface area contributed by atoms with E-state index in [4.69, 9.17) is 11.6 Å². The Labute approximate surface area is 98.0 Å². The Bertz CT molecular complexity index is 437. The zero-order valence-electron chi connectivity index (χ0n) is 7.74. The molecule has 15 heavy (non-hydrogen) atoms. The first kappa shape index (κ1) is 11.9. The van der Waals surface area contributed by atoms with Gasteiger partial charge in [-0.25, -0.2) is 0 Å². The Morgan fingerprint density at radius 3 is 2.87 bits per heavy atom. The van der Waals surface area contributed by atoms with Crippen LogP contribution in [-0.2, 0) is 0 Å². The maximum Gasteiger partial charge on any atom is 0.286 e. The van der Waals surface area contributed by atoms with Gasteiger partial charge >= 0.3 is 0 Å². The molecule has 3 nitrogen and oxygen atoms in total. The Kier molecular flexibility index (Phi) is 4.47. The van der Waals surface area contributed by atoms with E-state index in [0.29, 0.717) is 17.2 Å². The molecule has 0 unspecified atom stereocenters. The van der Waals surface area contributed by atoms with Crippen LogP contribution in [0.3, 0.4) is 0 Å². The molecule has 0 aliphatic carbocycles. The minimum Gasteiger partial charge on any atom is -0.258 e. The summed E-state index contributed by atoms with van der Waals surface area (Å²) >= 11 is 9.82. The molecule has 0 aliphatic rings. The average molecular weight is 242 g/mol. The first-order chi connectivity index (χ1) is 7.16. The summed E-state index contributed by atoms with van der Waals surface area (Å²) in [6, 6.07) is 4.50. The second-order valence-electron chi connectivity index (χ2n) is 2.67. The van der Waals surface area contributed by atoms with Gasteiger partial charge in [-0.05, 0) is 6.07 Å². The van der Waals surface area contributed by atoms with Gasteiger partial charge in [-0.1, -0.05) is 29.5 Å². The van der Waals surface area contributed by atoms with Gasteiger partial charge in [0.25, 0.3) is 5.69 Å². The van der Waals surface area contributed by atoms with Crippen LogP contribution in [0.15, 0.2) is 18.2 Å². The topological polar surface area (TPSA) is 43.1 Å². The lowest BCUT2D eigenvalue weighted by molar-refractivity contribution is -0.385. The van der Waals surface area contributed by atoms with Crippen molar-refractivity contribution >= 4 is 29.9 Å². The highest BCUT2D eigenvalue weighted by atomic mass is 35.5. The molecule has 0 fully saturated rings. The molecule has 0 saturated carbocycles. The van der Waals surface area contributed by atoms with Crippen molar-refractivity contribution in [3.63, 3.8) is 0 Å². The van der Waals surface area contributed by atoms with E-state index in [1.54, 1.807) is 6.07 Å². The zero-order valence-corrected chi connectivity index (χ0v) is 9.39. The van der Waals surface area contributed by atoms with Gasteiger partial charge in [0.2, 0.25) is 0 Å². The number of hydrogen-bond donors (Lipinski definition) is 1. The number of nitro benzene ring substituents is 1. The third-order valence-electron chi connectivity index (χ3n) is 1.64. The van der Waals surface area contributed by atoms with Crippen LogP contribution in [0, 0.1) is 22.0 Å². The highest BCUT2D eigenvalue weighted by Crippen LogP contribution is 2.24. The van der Waals surface area contributed by atoms with E-state index in [2.05, 4.69) is 24.5 Å². The summed E-state index contributed by atoms with van der Waals surface area (Å²) in [6.45, 7) is 0. The zero-order chi connectivity index (χ0) is 11.3. The molecule has 0 aromatic heterocycles. The lowest BCUT2D eigenvalue weighted by Gasteiger charge is -1.97. The van der Waals surface area contributed by atoms with Gasteiger partial charge < -0.3 is 0 Å². The summed E-state index contributed by atoms with van der Waals surface area (Å²) < 4.78 is 0. The maximum atomic E-state index is 10.7. The summed E-state index contributed by atoms with van der Waals surface area (Å²) in [4.78, 5) is 10.2. The van der Waals surface area contributed by atoms with Crippen molar-refractivity contribution in [2.45, 2.75) is 6.42 Å². The van der Waals surface area contributed by atoms with Gasteiger partial charge in [0, 0.05) is 18.2 Å². The first-order valence-electron chi connectivity index (χ1n) is 4.19. The lowest BCUT2D eigenvalue weighted by Crippen LogP contribution is -1.92. The molecule has 1 rings (SSSR count). The normalized spacial score (nSPS) is 9.20. The fourth-order valence-corrected chi connectivity index (χ4v) is 1.32. The van der Waals surface area contributed by atoms with Crippen molar-refractivity contribution in [3.8, 4) is 11.8 Å². The van der Waals surface area contributed by atoms with Crippen molar-refractivity contribution in [3.05, 3.63) is 38.9 Å². The number of halogens is 1. The van der Waals surface area contributed by atoms with Gasteiger partial charge in [-0.2, -0.15) is 12.6 Å². The summed E-state index contributed by atoms with van der Waals surface area (Å²) in [5, 5.41) is 11.0. The first-order valence-corrected chi connectivity index (χ1v) is 5.20. The molecule has 1 aromatic rings. The number of thiol groups is 1. The van der Waals surface area contributed by atoms with Crippen LogP contribution in [0.5, 0.6) is 0 Å². The summed E-state index contributed by atoms with van der Waals surface area (Å²) in [5.74, 6) is 6.08. The third-order valence-corrected chi connectivity index (χ3v) is 2.18. The number of rotatable bonds is 2. The van der Waals surface area contributed by atoms with Crippen molar-refractivity contribution < 1.29 is 4.92 Å². The van der Waals surface area contributed by atoms with Crippen molar-refractivity contribution in [1.29, 1.82) is 0 Å². The molecule has 0 saturated heterocycles. The van der Waals surface area contributed by atoms with Gasteiger partial charge in [0.1, 0.15) is 5.56 Å². The average Bonchev–Trinajstić information content (AvgIpc) is 2.20. The predicted octanol–water partition coefficient (Wildman–Crippen LogP) is 2.92. The highest BCUT2D eigenvalue weighted by molar-refractivity contribution is 7.80. The van der Waals surface area contributed by atoms with Gasteiger partial charge in [-0.3, -0.25) is 10.1 Å². The van der Waals surface area contributed by atoms with E-state index in [1.807, 2.05) is 0 Å². The number of nitrogens with zero attached hydrogens (tertiary/aromatic N) is 1. The minimum absolute atomic E-state index is 0.0610. The van der Waals surface area contributed by atoms with Gasteiger partial charge in [0.15, 0.2) is 0 Å². The number of hydrogen-bond acceptors (Lipinski definition) is 3. The molecule has 0 amide bonds. The SMILES string of the molecule is O=[N+]([O-])c1cccc(Cl)c1C#CCCS. The van der Waals surface area contributed by atoms with E-state index in [-0.39, 0.29) is 11.3 Å². The Balaban J connectivity index is 3.15. The van der Waals surface area contributed by atoms with Crippen LogP contribution < -0.4 is 0 Å². The van der Waals surface area contributed by atoms with Gasteiger partial charge in [-0.15, -0.1) is 0 Å². The fourth-order valence-electron chi connectivity index (χ4n) is 0.995. The molecule has 78 valence electrons. The van der Waals surface area contributed by atoms with Crippen LogP contribution in [0.1, 0.15) is 12.0 Å². The summed E-state index contributed by atoms with van der Waals surface area (Å²) in [7, 11) is 0. The molecular formula is C10H8ClNO2S. The Morgan fingerprint density at radius 2 is 2.27 bits per heavy atom. The second kappa shape index (κ2) is 5.64. The Hall–Kier alpha value is -1.18. The van der Waals surface area contributed by atoms with Gasteiger partial charge in [0.05, 0.1) is 9.95 Å². The molecule has 0 heterocycles. The fraction of sp³-hybridized carbons (Fsp3) is 0.200. The van der Waals surface area contributed by atoms with Crippen LogP contribution in [0.2, 0.25) is 5.02 Å². The maximum absolute atomic E-state index is 10.7. The highest BCUT2D eigenvalue weighted by Gasteiger charge is 2.13. The van der Waals surface area contributed by atoms with E-state index in [0.717, 1.165) is 0 Å². The minimum atomic E-state index is -0.489. The standard InChI is InChI=1S/C10H8ClNO2S/c11-9-5-3-6-10(12(13)14)8(9)4-1-2-7-15/h3,5-6,15H,2,7H2. The van der Waals surface area contributed by atoms with E-state index >= 15 is 0 Å². The predicted molar refractivity (Wildman–Crippen MR) is 63.5 cm³/mol. The molecule has 0 aliphatic heterocycles. The molecule has 0 bridgehead atoms. The lowest BCUT2D eigenvalue weighted by atomic mass is 10.2. The quantitative estimate of drug-likeness (QED) is 0.374. The van der Waals surface area contributed by atoms with Crippen LogP contribution in [0.25, 0.3) is 0 Å². The molecule has 0 spiro atoms. The van der Waals surface area contributed by atoms with Crippen LogP contribution in [0.4, 0.5) is 5.69 Å². The van der Waals surface area contributed by atoms with E-state index in [1.165, 1.54) is 12.1 Å². The second-order valence-corrected chi connectivity index (χ2v) is 3.52. The van der Waals surface area contributed by atoms with E-state index < -0.39 is 4.92 Å². The summed E-state index contributed by atoms with van der Waals surface area (Å²) in [6.07, 6.45) is 0.575. The third kappa shape index (κ3) is 3.15. The van der Waals surface area contributed by atoms with Crippen LogP contribution >= 0.6 is 24.2 Å². The molecule has 5 heteroatoms. The molecule has 0 N–H and O–H groups in total. The van der Waals surface area contributed by atoms with Crippen molar-refractivity contribution in [1.82, 2.24) is 0 Å². The van der Waals surface area contributed by atoms with Crippen LogP contribution in [-0.4, -0.2) is 10.7 Å². The number of nitro groups is 1. The van der Waals surface area contributed by atoms with E-state index in [9.17, 15) is 10.1 Å². The molecule has 0 radical (unpaired) electrons. The smallest absolute Gasteiger partial charge is 0.258 e. The molecule has 0 atom stereocenters. The van der Waals surface area contributed by atoms with Crippen molar-refractivity contribution in [2.75, 3.05) is 5.75 Å². The van der Waals surface area contributed by atoms with Crippen molar-refractivity contribution in [2.24, 2.45) is 0 Å².